The van der Waals surface area contributed by atoms with Gasteiger partial charge < -0.3 is 19.9 Å². The van der Waals surface area contributed by atoms with Crippen molar-refractivity contribution in [1.82, 2.24) is 9.97 Å². The van der Waals surface area contributed by atoms with Crippen LogP contribution in [0.15, 0.2) is 23.4 Å². The fourth-order valence-electron chi connectivity index (χ4n) is 3.55. The summed E-state index contributed by atoms with van der Waals surface area (Å²) in [6.45, 7) is 5.22. The van der Waals surface area contributed by atoms with E-state index in [0.29, 0.717) is 17.6 Å². The van der Waals surface area contributed by atoms with Crippen LogP contribution in [0.1, 0.15) is 36.3 Å². The number of thiophene rings is 1. The molecule has 0 amide bonds. The summed E-state index contributed by atoms with van der Waals surface area (Å²) in [7, 11) is 0. The molecular formula is C20H21N3O3S2. The first-order valence-electron chi connectivity index (χ1n) is 9.28. The number of aromatic nitrogens is 2. The SMILES string of the molecule is CCC1(C)Cc2c(sc3nc(SCc4ccc5c(c4)OCO5)nc(N)c23)CO1. The maximum Gasteiger partial charge on any atom is 0.231 e. The first kappa shape index (κ1) is 18.0. The molecule has 8 heteroatoms. The van der Waals surface area contributed by atoms with E-state index < -0.39 is 0 Å². The third kappa shape index (κ3) is 3.09. The van der Waals surface area contributed by atoms with Crippen molar-refractivity contribution in [2.24, 2.45) is 0 Å². The van der Waals surface area contributed by atoms with Crippen molar-refractivity contribution in [2.75, 3.05) is 12.5 Å². The molecule has 2 aliphatic heterocycles. The van der Waals surface area contributed by atoms with Gasteiger partial charge >= 0.3 is 0 Å². The Morgan fingerprint density at radius 1 is 1.25 bits per heavy atom. The van der Waals surface area contributed by atoms with Gasteiger partial charge in [0.2, 0.25) is 6.79 Å². The summed E-state index contributed by atoms with van der Waals surface area (Å²) in [6, 6.07) is 5.98. The first-order chi connectivity index (χ1) is 13.5. The molecule has 6 nitrogen and oxygen atoms in total. The van der Waals surface area contributed by atoms with Crippen molar-refractivity contribution in [3.05, 3.63) is 34.2 Å². The Labute approximate surface area is 171 Å². The maximum atomic E-state index is 6.36. The third-order valence-electron chi connectivity index (χ3n) is 5.40. The lowest BCUT2D eigenvalue weighted by Crippen LogP contribution is -2.33. The van der Waals surface area contributed by atoms with Crippen LogP contribution in [0.5, 0.6) is 11.5 Å². The Kier molecular flexibility index (Phi) is 4.37. The lowest BCUT2D eigenvalue weighted by molar-refractivity contribution is -0.0542. The molecule has 2 aromatic heterocycles. The zero-order chi connectivity index (χ0) is 19.3. The molecule has 0 saturated carbocycles. The van der Waals surface area contributed by atoms with Crippen LogP contribution in [0.2, 0.25) is 0 Å². The van der Waals surface area contributed by atoms with Crippen molar-refractivity contribution < 1.29 is 14.2 Å². The molecule has 5 rings (SSSR count). The first-order valence-corrected chi connectivity index (χ1v) is 11.1. The quantitative estimate of drug-likeness (QED) is 0.495. The molecule has 3 aromatic rings. The van der Waals surface area contributed by atoms with Gasteiger partial charge in [-0.3, -0.25) is 0 Å². The van der Waals surface area contributed by atoms with Crippen molar-refractivity contribution in [3.8, 4) is 11.5 Å². The van der Waals surface area contributed by atoms with Crippen LogP contribution in [-0.2, 0) is 23.5 Å². The fraction of sp³-hybridized carbons (Fsp3) is 0.400. The fourth-order valence-corrected chi connectivity index (χ4v) is 5.51. The van der Waals surface area contributed by atoms with Gasteiger partial charge in [-0.2, -0.15) is 0 Å². The van der Waals surface area contributed by atoms with E-state index in [1.165, 1.54) is 10.4 Å². The molecule has 146 valence electrons. The van der Waals surface area contributed by atoms with Crippen molar-refractivity contribution in [1.29, 1.82) is 0 Å². The Morgan fingerprint density at radius 3 is 2.96 bits per heavy atom. The van der Waals surface area contributed by atoms with Crippen molar-refractivity contribution in [2.45, 2.75) is 49.8 Å². The van der Waals surface area contributed by atoms with E-state index >= 15 is 0 Å². The Bertz CT molecular complexity index is 1070. The Hall–Kier alpha value is -2.03. The summed E-state index contributed by atoms with van der Waals surface area (Å²) < 4.78 is 16.9. The lowest BCUT2D eigenvalue weighted by Gasteiger charge is -2.33. The summed E-state index contributed by atoms with van der Waals surface area (Å²) in [6.07, 6.45) is 1.82. The largest absolute Gasteiger partial charge is 0.454 e. The van der Waals surface area contributed by atoms with Gasteiger partial charge in [-0.1, -0.05) is 24.8 Å². The molecule has 0 aliphatic carbocycles. The van der Waals surface area contributed by atoms with Gasteiger partial charge in [0.15, 0.2) is 16.7 Å². The molecule has 0 saturated heterocycles. The van der Waals surface area contributed by atoms with Crippen molar-refractivity contribution in [3.63, 3.8) is 0 Å². The minimum atomic E-state index is -0.139. The number of hydrogen-bond acceptors (Lipinski definition) is 8. The molecule has 4 heterocycles. The predicted molar refractivity (Wildman–Crippen MR) is 111 cm³/mol. The minimum absolute atomic E-state index is 0.139. The molecule has 0 radical (unpaired) electrons. The predicted octanol–water partition coefficient (Wildman–Crippen LogP) is 4.54. The van der Waals surface area contributed by atoms with Gasteiger partial charge in [0.25, 0.3) is 0 Å². The molecule has 2 N–H and O–H groups in total. The highest BCUT2D eigenvalue weighted by atomic mass is 32.2. The number of rotatable bonds is 4. The van der Waals surface area contributed by atoms with E-state index in [-0.39, 0.29) is 12.4 Å². The highest BCUT2D eigenvalue weighted by Gasteiger charge is 2.33. The Balaban J connectivity index is 1.41. The van der Waals surface area contributed by atoms with Crippen LogP contribution in [0, 0.1) is 0 Å². The summed E-state index contributed by atoms with van der Waals surface area (Å²) >= 11 is 3.25. The van der Waals surface area contributed by atoms with Crippen LogP contribution >= 0.6 is 23.1 Å². The molecular weight excluding hydrogens is 394 g/mol. The summed E-state index contributed by atoms with van der Waals surface area (Å²) in [4.78, 5) is 11.5. The third-order valence-corrected chi connectivity index (χ3v) is 7.41. The summed E-state index contributed by atoms with van der Waals surface area (Å²) in [5.74, 6) is 2.89. The molecule has 0 spiro atoms. The number of anilines is 1. The standard InChI is InChI=1S/C20H21N3O3S2/c1-3-20(2)7-12-15(8-26-20)28-18-16(12)17(21)22-19(23-18)27-9-11-4-5-13-14(6-11)25-10-24-13/h4-6H,3,7-10H2,1-2H3,(H2,21,22,23). The van der Waals surface area contributed by atoms with Gasteiger partial charge in [0.05, 0.1) is 17.6 Å². The number of nitrogens with zero attached hydrogens (tertiary/aromatic N) is 2. The topological polar surface area (TPSA) is 79.5 Å². The zero-order valence-electron chi connectivity index (χ0n) is 15.8. The zero-order valence-corrected chi connectivity index (χ0v) is 17.4. The van der Waals surface area contributed by atoms with Crippen LogP contribution in [-0.4, -0.2) is 22.4 Å². The second kappa shape index (κ2) is 6.79. The normalized spacial score (nSPS) is 20.5. The van der Waals surface area contributed by atoms with Gasteiger partial charge in [0, 0.05) is 17.1 Å². The molecule has 1 aromatic carbocycles. The minimum Gasteiger partial charge on any atom is -0.454 e. The van der Waals surface area contributed by atoms with Crippen molar-refractivity contribution >= 4 is 39.1 Å². The smallest absolute Gasteiger partial charge is 0.231 e. The van der Waals surface area contributed by atoms with E-state index in [2.05, 4.69) is 18.8 Å². The number of ether oxygens (including phenoxy) is 3. The lowest BCUT2D eigenvalue weighted by atomic mass is 9.90. The second-order valence-corrected chi connectivity index (χ2v) is 9.35. The molecule has 28 heavy (non-hydrogen) atoms. The molecule has 1 atom stereocenters. The van der Waals surface area contributed by atoms with E-state index in [1.54, 1.807) is 23.1 Å². The average molecular weight is 416 g/mol. The maximum absolute atomic E-state index is 6.36. The number of benzene rings is 1. The monoisotopic (exact) mass is 415 g/mol. The molecule has 0 bridgehead atoms. The summed E-state index contributed by atoms with van der Waals surface area (Å²) in [5.41, 5.74) is 8.62. The van der Waals surface area contributed by atoms with Gasteiger partial charge in [-0.15, -0.1) is 11.3 Å². The average Bonchev–Trinajstić information content (AvgIpc) is 3.29. The van der Waals surface area contributed by atoms with Gasteiger partial charge in [0.1, 0.15) is 10.6 Å². The van der Waals surface area contributed by atoms with Crippen LogP contribution in [0.3, 0.4) is 0 Å². The van der Waals surface area contributed by atoms with E-state index in [9.17, 15) is 0 Å². The highest BCUT2D eigenvalue weighted by Crippen LogP contribution is 2.42. The number of nitrogens with two attached hydrogens (primary N) is 1. The number of nitrogen functional groups attached to an aromatic ring is 1. The number of fused-ring (bicyclic) bond motifs is 4. The molecule has 0 fully saturated rings. The van der Waals surface area contributed by atoms with E-state index in [1.807, 2.05) is 18.2 Å². The van der Waals surface area contributed by atoms with Crippen LogP contribution < -0.4 is 15.2 Å². The van der Waals surface area contributed by atoms with Gasteiger partial charge in [-0.25, -0.2) is 9.97 Å². The van der Waals surface area contributed by atoms with E-state index in [0.717, 1.165) is 45.9 Å². The number of thioether (sulfide) groups is 1. The summed E-state index contributed by atoms with van der Waals surface area (Å²) in [5, 5.41) is 1.70. The molecule has 2 aliphatic rings. The highest BCUT2D eigenvalue weighted by molar-refractivity contribution is 7.98. The second-order valence-electron chi connectivity index (χ2n) is 7.32. The number of hydrogen-bond donors (Lipinski definition) is 1. The van der Waals surface area contributed by atoms with E-state index in [4.69, 9.17) is 24.9 Å². The van der Waals surface area contributed by atoms with Crippen LogP contribution in [0.4, 0.5) is 5.82 Å². The van der Waals surface area contributed by atoms with Gasteiger partial charge in [-0.05, 0) is 36.6 Å². The molecule has 1 unspecified atom stereocenters. The van der Waals surface area contributed by atoms with Crippen LogP contribution in [0.25, 0.3) is 10.2 Å². The Morgan fingerprint density at radius 2 is 2.11 bits per heavy atom.